The van der Waals surface area contributed by atoms with Gasteiger partial charge in [-0.2, -0.15) is 36.7 Å². The topological polar surface area (TPSA) is 126 Å². The summed E-state index contributed by atoms with van der Waals surface area (Å²) in [4.78, 5) is 10.3. The van der Waals surface area contributed by atoms with Gasteiger partial charge in [0.05, 0.1) is 15.6 Å². The molecule has 1 atom stereocenters. The summed E-state index contributed by atoms with van der Waals surface area (Å²) in [6, 6.07) is 2.09. The molecular weight excluding hydrogens is 555 g/mol. The first-order valence-electron chi connectivity index (χ1n) is 9.02. The number of benzene rings is 1. The lowest BCUT2D eigenvalue weighted by molar-refractivity contribution is -0.138. The average molecular weight is 568 g/mol. The number of alkyl halides is 6. The first-order chi connectivity index (χ1) is 15.9. The Morgan fingerprint density at radius 1 is 1.23 bits per heavy atom. The number of halogens is 8. The Morgan fingerprint density at radius 3 is 2.17 bits per heavy atom. The van der Waals surface area contributed by atoms with Crippen LogP contribution in [-0.4, -0.2) is 37.0 Å². The van der Waals surface area contributed by atoms with Crippen molar-refractivity contribution in [1.29, 1.82) is 5.26 Å². The van der Waals surface area contributed by atoms with Crippen molar-refractivity contribution in [2.75, 3.05) is 6.61 Å². The van der Waals surface area contributed by atoms with Crippen molar-refractivity contribution >= 4 is 39.1 Å². The number of hydrogen-bond acceptors (Lipinski definition) is 6. The van der Waals surface area contributed by atoms with Gasteiger partial charge in [0.25, 0.3) is 10.0 Å². The van der Waals surface area contributed by atoms with Crippen LogP contribution in [0.1, 0.15) is 37.0 Å². The summed E-state index contributed by atoms with van der Waals surface area (Å²) in [5, 5.41) is 13.6. The minimum Gasteiger partial charge on any atom is -0.353 e. The van der Waals surface area contributed by atoms with Gasteiger partial charge in [-0.25, -0.2) is 13.1 Å². The zero-order chi connectivity index (χ0) is 26.9. The Kier molecular flexibility index (Phi) is 8.34. The number of ether oxygens (including phenoxy) is 1. The summed E-state index contributed by atoms with van der Waals surface area (Å²) in [7, 11) is -5.61. The summed E-state index contributed by atoms with van der Waals surface area (Å²) < 4.78 is 109. The maximum Gasteiger partial charge on any atom is 0.470 e. The van der Waals surface area contributed by atoms with Crippen LogP contribution in [0.25, 0.3) is 5.69 Å². The molecule has 1 aromatic carbocycles. The van der Waals surface area contributed by atoms with Crippen LogP contribution in [0.4, 0.5) is 26.3 Å². The molecule has 0 bridgehead atoms. The Bertz CT molecular complexity index is 1260. The van der Waals surface area contributed by atoms with Crippen molar-refractivity contribution in [1.82, 2.24) is 19.8 Å². The number of aromatic nitrogens is 2. The molecule has 0 aliphatic carbocycles. The average Bonchev–Trinajstić information content (AvgIpc) is 3.04. The van der Waals surface area contributed by atoms with Gasteiger partial charge in [0.15, 0.2) is 11.9 Å². The van der Waals surface area contributed by atoms with E-state index in [1.807, 2.05) is 0 Å². The minimum atomic E-state index is -5.61. The molecule has 1 aromatic heterocycles. The first-order valence-corrected chi connectivity index (χ1v) is 11.3. The molecule has 0 spiro atoms. The molecule has 18 heteroatoms. The van der Waals surface area contributed by atoms with Crippen molar-refractivity contribution in [3.05, 3.63) is 39.1 Å². The van der Waals surface area contributed by atoms with E-state index < -0.39 is 72.2 Å². The second-order valence-electron chi connectivity index (χ2n) is 6.51. The van der Waals surface area contributed by atoms with E-state index in [1.165, 1.54) is 13.0 Å². The molecule has 2 rings (SSSR count). The van der Waals surface area contributed by atoms with E-state index >= 15 is 0 Å². The van der Waals surface area contributed by atoms with Crippen LogP contribution in [0.3, 0.4) is 0 Å². The largest absolute Gasteiger partial charge is 0.470 e. The smallest absolute Gasteiger partial charge is 0.353 e. The molecule has 0 saturated carbocycles. The molecule has 192 valence electrons. The number of carbonyl (C=O) groups is 1. The normalized spacial score (nSPS) is 13.4. The van der Waals surface area contributed by atoms with Crippen LogP contribution in [0.2, 0.25) is 10.0 Å². The number of carbonyl (C=O) groups excluding carboxylic acids is 1. The Labute approximate surface area is 203 Å². The highest BCUT2D eigenvalue weighted by molar-refractivity contribution is 7.89. The number of rotatable bonds is 7. The predicted molar refractivity (Wildman–Crippen MR) is 108 cm³/mol. The van der Waals surface area contributed by atoms with Gasteiger partial charge >= 0.3 is 12.5 Å². The molecule has 0 aliphatic rings. The molecule has 0 radical (unpaired) electrons. The van der Waals surface area contributed by atoms with Crippen LogP contribution < -0.4 is 10.0 Å². The standard InChI is InChI=1S/C17H13Cl2F6N5O4S/c1-3-34-15(27-7(2)31)13-14(35(32,33)29-17(23,24)25)11(6-26)28-30(13)12-9(18)4-8(5-10(12)19)16(20,21)22/h4-5,15,29H,3H2,1-2H3,(H,27,31). The van der Waals surface area contributed by atoms with Gasteiger partial charge in [0.2, 0.25) is 5.91 Å². The number of sulfonamides is 1. The lowest BCUT2D eigenvalue weighted by Gasteiger charge is -2.22. The van der Waals surface area contributed by atoms with Gasteiger partial charge in [-0.05, 0) is 19.1 Å². The molecule has 2 N–H and O–H groups in total. The third-order valence-corrected chi connectivity index (χ3v) is 5.99. The maximum absolute atomic E-state index is 13.1. The number of nitriles is 1. The van der Waals surface area contributed by atoms with E-state index in [-0.39, 0.29) is 6.61 Å². The van der Waals surface area contributed by atoms with Crippen LogP contribution in [0, 0.1) is 11.3 Å². The first kappa shape index (κ1) is 28.7. The number of nitrogens with zero attached hydrogens (tertiary/aromatic N) is 3. The Morgan fingerprint density at radius 2 is 1.77 bits per heavy atom. The van der Waals surface area contributed by atoms with Crippen molar-refractivity contribution in [2.24, 2.45) is 0 Å². The lowest BCUT2D eigenvalue weighted by Crippen LogP contribution is -2.39. The van der Waals surface area contributed by atoms with Crippen LogP contribution in [0.5, 0.6) is 0 Å². The van der Waals surface area contributed by atoms with E-state index in [1.54, 1.807) is 0 Å². The summed E-state index contributed by atoms with van der Waals surface area (Å²) in [6.07, 6.45) is -12.3. The van der Waals surface area contributed by atoms with Crippen LogP contribution in [0.15, 0.2) is 17.0 Å². The van der Waals surface area contributed by atoms with E-state index in [4.69, 9.17) is 27.9 Å². The lowest BCUT2D eigenvalue weighted by atomic mass is 10.2. The van der Waals surface area contributed by atoms with E-state index in [9.17, 15) is 44.8 Å². The molecule has 35 heavy (non-hydrogen) atoms. The molecule has 9 nitrogen and oxygen atoms in total. The number of hydrogen-bond donors (Lipinski definition) is 2. The SMILES string of the molecule is CCOC(NC(C)=O)c1c(S(=O)(=O)NC(F)(F)F)c(C#N)nn1-c1c(Cl)cc(C(F)(F)F)cc1Cl. The molecule has 1 unspecified atom stereocenters. The van der Waals surface area contributed by atoms with Crippen molar-refractivity contribution < 1.29 is 44.3 Å². The second kappa shape index (κ2) is 10.2. The summed E-state index contributed by atoms with van der Waals surface area (Å²) in [6.45, 7) is 2.08. The summed E-state index contributed by atoms with van der Waals surface area (Å²) in [5.41, 5.74) is -3.95. The van der Waals surface area contributed by atoms with Gasteiger partial charge in [0, 0.05) is 13.5 Å². The zero-order valence-electron chi connectivity index (χ0n) is 17.3. The van der Waals surface area contributed by atoms with Crippen LogP contribution >= 0.6 is 23.2 Å². The maximum atomic E-state index is 13.1. The molecular formula is C17H13Cl2F6N5O4S. The molecule has 0 saturated heterocycles. The monoisotopic (exact) mass is 567 g/mol. The molecule has 0 aliphatic heterocycles. The zero-order valence-corrected chi connectivity index (χ0v) is 19.7. The van der Waals surface area contributed by atoms with Gasteiger partial charge < -0.3 is 10.1 Å². The minimum absolute atomic E-state index is 0.251. The van der Waals surface area contributed by atoms with Crippen molar-refractivity contribution in [3.63, 3.8) is 0 Å². The summed E-state index contributed by atoms with van der Waals surface area (Å²) >= 11 is 11.9. The quantitative estimate of drug-likeness (QED) is 0.295. The molecule has 1 amide bonds. The van der Waals surface area contributed by atoms with E-state index in [0.29, 0.717) is 21.5 Å². The molecule has 1 heterocycles. The third-order valence-electron chi connectivity index (χ3n) is 3.97. The van der Waals surface area contributed by atoms with E-state index in [2.05, 4.69) is 10.4 Å². The van der Waals surface area contributed by atoms with Gasteiger partial charge in [-0.1, -0.05) is 23.2 Å². The van der Waals surface area contributed by atoms with Crippen molar-refractivity contribution in [3.8, 4) is 11.8 Å². The second-order valence-corrected chi connectivity index (χ2v) is 8.95. The Hall–Kier alpha value is -2.58. The summed E-state index contributed by atoms with van der Waals surface area (Å²) in [5.74, 6) is -0.855. The van der Waals surface area contributed by atoms with Crippen molar-refractivity contribution in [2.45, 2.75) is 37.4 Å². The fourth-order valence-corrected chi connectivity index (χ4v) is 4.69. The van der Waals surface area contributed by atoms with Crippen LogP contribution in [-0.2, 0) is 25.7 Å². The fraction of sp³-hybridized carbons (Fsp3) is 0.353. The van der Waals surface area contributed by atoms with Gasteiger partial charge in [-0.3, -0.25) is 4.79 Å². The highest BCUT2D eigenvalue weighted by Crippen LogP contribution is 2.40. The molecule has 0 fully saturated rings. The highest BCUT2D eigenvalue weighted by Gasteiger charge is 2.42. The van der Waals surface area contributed by atoms with E-state index in [0.717, 1.165) is 6.92 Å². The van der Waals surface area contributed by atoms with Gasteiger partial charge in [-0.15, -0.1) is 4.72 Å². The van der Waals surface area contributed by atoms with Gasteiger partial charge in [0.1, 0.15) is 22.3 Å². The predicted octanol–water partition coefficient (Wildman–Crippen LogP) is 4.04. The molecule has 2 aromatic rings. The fourth-order valence-electron chi connectivity index (χ4n) is 2.83. The highest BCUT2D eigenvalue weighted by atomic mass is 35.5. The number of amides is 1. The Balaban J connectivity index is 3.02. The third kappa shape index (κ3) is 6.55. The number of nitrogens with one attached hydrogen (secondary N) is 2.